The summed E-state index contributed by atoms with van der Waals surface area (Å²) in [4.78, 5) is 2.63. The number of anilines is 1. The molecule has 3 nitrogen and oxygen atoms in total. The Labute approximate surface area is 128 Å². The number of piperidine rings is 1. The number of nitrogens with zero attached hydrogens (tertiary/aromatic N) is 1. The van der Waals surface area contributed by atoms with E-state index in [1.54, 1.807) is 7.11 Å². The van der Waals surface area contributed by atoms with Crippen LogP contribution in [0.3, 0.4) is 0 Å². The van der Waals surface area contributed by atoms with E-state index in [0.717, 1.165) is 18.2 Å². The summed E-state index contributed by atoms with van der Waals surface area (Å²) in [6.45, 7) is 3.22. The second-order valence-corrected chi connectivity index (χ2v) is 6.63. The van der Waals surface area contributed by atoms with Crippen LogP contribution in [0.25, 0.3) is 0 Å². The Morgan fingerprint density at radius 2 is 1.95 bits per heavy atom. The van der Waals surface area contributed by atoms with Gasteiger partial charge in [-0.15, -0.1) is 0 Å². The fourth-order valence-corrected chi connectivity index (χ4v) is 4.34. The quantitative estimate of drug-likeness (QED) is 0.917. The number of fused-ring (bicyclic) bond motifs is 1. The van der Waals surface area contributed by atoms with Gasteiger partial charge in [0.15, 0.2) is 0 Å². The molecule has 2 fully saturated rings. The molecule has 0 unspecified atom stereocenters. The summed E-state index contributed by atoms with van der Waals surface area (Å²) in [6, 6.07) is 7.08. The Morgan fingerprint density at radius 1 is 1.19 bits per heavy atom. The number of rotatable bonds is 3. The average Bonchev–Trinajstić information content (AvgIpc) is 2.53. The van der Waals surface area contributed by atoms with Crippen LogP contribution in [-0.2, 0) is 0 Å². The maximum atomic E-state index is 6.26. The number of ether oxygens (including phenoxy) is 1. The topological polar surface area (TPSA) is 38.5 Å². The first-order chi connectivity index (χ1) is 10.2. The zero-order chi connectivity index (χ0) is 14.8. The van der Waals surface area contributed by atoms with Crippen molar-refractivity contribution >= 4 is 5.69 Å². The Balaban J connectivity index is 1.98. The maximum absolute atomic E-state index is 6.26. The molecule has 0 spiro atoms. The predicted octanol–water partition coefficient (Wildman–Crippen LogP) is 3.87. The van der Waals surface area contributed by atoms with Crippen LogP contribution < -0.4 is 15.4 Å². The average molecular weight is 288 g/mol. The third kappa shape index (κ3) is 2.76. The minimum Gasteiger partial charge on any atom is -0.496 e. The van der Waals surface area contributed by atoms with Gasteiger partial charge in [-0.05, 0) is 50.7 Å². The summed E-state index contributed by atoms with van der Waals surface area (Å²) in [5, 5.41) is 0. The smallest absolute Gasteiger partial charge is 0.125 e. The van der Waals surface area contributed by atoms with Gasteiger partial charge in [0.05, 0.1) is 7.11 Å². The summed E-state index contributed by atoms with van der Waals surface area (Å²) in [7, 11) is 1.74. The standard InChI is InChI=1S/C18H28N2O/c1-13(19)18-16(10-5-11-17(18)21-2)20-12-6-8-14-7-3-4-9-15(14)20/h5,10-11,13-15H,3-4,6-9,12,19H2,1-2H3/t13-,14+,15+/m0/s1. The third-order valence-electron chi connectivity index (χ3n) is 5.27. The number of hydrogen-bond donors (Lipinski definition) is 1. The third-order valence-corrected chi connectivity index (χ3v) is 5.27. The summed E-state index contributed by atoms with van der Waals surface area (Å²) in [5.41, 5.74) is 8.74. The predicted molar refractivity (Wildman–Crippen MR) is 87.9 cm³/mol. The first-order valence-electron chi connectivity index (χ1n) is 8.41. The van der Waals surface area contributed by atoms with Gasteiger partial charge in [-0.25, -0.2) is 0 Å². The summed E-state index contributed by atoms with van der Waals surface area (Å²) < 4.78 is 5.57. The molecule has 3 atom stereocenters. The van der Waals surface area contributed by atoms with Crippen LogP contribution in [0.2, 0.25) is 0 Å². The van der Waals surface area contributed by atoms with E-state index in [2.05, 4.69) is 24.0 Å². The molecular weight excluding hydrogens is 260 g/mol. The molecule has 1 aliphatic carbocycles. The van der Waals surface area contributed by atoms with Gasteiger partial charge >= 0.3 is 0 Å². The van der Waals surface area contributed by atoms with Crippen LogP contribution in [0.1, 0.15) is 57.1 Å². The fraction of sp³-hybridized carbons (Fsp3) is 0.667. The van der Waals surface area contributed by atoms with Crippen molar-refractivity contribution in [2.75, 3.05) is 18.6 Å². The van der Waals surface area contributed by atoms with Crippen LogP contribution >= 0.6 is 0 Å². The zero-order valence-corrected chi connectivity index (χ0v) is 13.3. The van der Waals surface area contributed by atoms with E-state index in [9.17, 15) is 0 Å². The Morgan fingerprint density at radius 3 is 2.71 bits per heavy atom. The van der Waals surface area contributed by atoms with Gasteiger partial charge in [-0.1, -0.05) is 18.9 Å². The van der Waals surface area contributed by atoms with Gasteiger partial charge in [0, 0.05) is 29.9 Å². The molecule has 1 aliphatic heterocycles. The van der Waals surface area contributed by atoms with E-state index >= 15 is 0 Å². The van der Waals surface area contributed by atoms with Gasteiger partial charge in [0.25, 0.3) is 0 Å². The van der Waals surface area contributed by atoms with E-state index in [-0.39, 0.29) is 6.04 Å². The molecule has 116 valence electrons. The van der Waals surface area contributed by atoms with Crippen molar-refractivity contribution in [2.45, 2.75) is 57.5 Å². The monoisotopic (exact) mass is 288 g/mol. The van der Waals surface area contributed by atoms with Crippen molar-refractivity contribution < 1.29 is 4.74 Å². The van der Waals surface area contributed by atoms with Crippen LogP contribution in [0.5, 0.6) is 5.75 Å². The highest BCUT2D eigenvalue weighted by Gasteiger charge is 2.34. The molecule has 1 heterocycles. The Bertz CT molecular complexity index is 484. The maximum Gasteiger partial charge on any atom is 0.125 e. The normalized spacial score (nSPS) is 27.1. The Hall–Kier alpha value is -1.22. The van der Waals surface area contributed by atoms with Crippen LogP contribution in [0.15, 0.2) is 18.2 Å². The number of hydrogen-bond acceptors (Lipinski definition) is 3. The van der Waals surface area contributed by atoms with Gasteiger partial charge in [0.1, 0.15) is 5.75 Å². The second-order valence-electron chi connectivity index (χ2n) is 6.63. The van der Waals surface area contributed by atoms with E-state index < -0.39 is 0 Å². The minimum atomic E-state index is 0.000108. The van der Waals surface area contributed by atoms with Crippen molar-refractivity contribution in [3.05, 3.63) is 23.8 Å². The molecule has 2 N–H and O–H groups in total. The van der Waals surface area contributed by atoms with Crippen molar-refractivity contribution in [1.29, 1.82) is 0 Å². The molecule has 1 saturated carbocycles. The first-order valence-corrected chi connectivity index (χ1v) is 8.41. The van der Waals surface area contributed by atoms with Crippen LogP contribution in [0, 0.1) is 5.92 Å². The highest BCUT2D eigenvalue weighted by Crippen LogP contribution is 2.41. The van der Waals surface area contributed by atoms with E-state index in [0.29, 0.717) is 6.04 Å². The molecule has 0 radical (unpaired) electrons. The second kappa shape index (κ2) is 6.27. The number of benzene rings is 1. The molecule has 21 heavy (non-hydrogen) atoms. The molecule has 1 aromatic rings. The van der Waals surface area contributed by atoms with Crippen LogP contribution in [0.4, 0.5) is 5.69 Å². The Kier molecular flexibility index (Phi) is 4.39. The molecule has 1 saturated heterocycles. The summed E-state index contributed by atoms with van der Waals surface area (Å²) >= 11 is 0. The van der Waals surface area contributed by atoms with Crippen LogP contribution in [-0.4, -0.2) is 19.7 Å². The first kappa shape index (κ1) is 14.7. The lowest BCUT2D eigenvalue weighted by molar-refractivity contribution is 0.243. The summed E-state index contributed by atoms with van der Waals surface area (Å²) in [6.07, 6.45) is 8.22. The summed E-state index contributed by atoms with van der Waals surface area (Å²) in [5.74, 6) is 1.81. The molecule has 1 aromatic carbocycles. The van der Waals surface area contributed by atoms with E-state index in [1.165, 1.54) is 49.8 Å². The highest BCUT2D eigenvalue weighted by molar-refractivity contribution is 5.61. The highest BCUT2D eigenvalue weighted by atomic mass is 16.5. The van der Waals surface area contributed by atoms with Crippen molar-refractivity contribution in [2.24, 2.45) is 11.7 Å². The molecule has 0 aromatic heterocycles. The van der Waals surface area contributed by atoms with Gasteiger partial charge in [-0.3, -0.25) is 0 Å². The molecule has 3 heteroatoms. The molecular formula is C18H28N2O. The molecule has 3 rings (SSSR count). The SMILES string of the molecule is COc1cccc(N2CCC[C@H]3CCCC[C@H]32)c1[C@H](C)N. The number of nitrogens with two attached hydrogens (primary N) is 1. The minimum absolute atomic E-state index is 0.000108. The molecule has 2 aliphatic rings. The zero-order valence-electron chi connectivity index (χ0n) is 13.3. The van der Waals surface area contributed by atoms with E-state index in [4.69, 9.17) is 10.5 Å². The van der Waals surface area contributed by atoms with Gasteiger partial charge in [0.2, 0.25) is 0 Å². The lowest BCUT2D eigenvalue weighted by Crippen LogP contribution is -2.47. The fourth-order valence-electron chi connectivity index (χ4n) is 4.34. The lowest BCUT2D eigenvalue weighted by atomic mass is 9.78. The van der Waals surface area contributed by atoms with E-state index in [1.807, 2.05) is 6.07 Å². The lowest BCUT2D eigenvalue weighted by Gasteiger charge is -2.46. The van der Waals surface area contributed by atoms with Crippen molar-refractivity contribution in [3.63, 3.8) is 0 Å². The van der Waals surface area contributed by atoms with Gasteiger partial charge < -0.3 is 15.4 Å². The van der Waals surface area contributed by atoms with Crippen molar-refractivity contribution in [3.8, 4) is 5.75 Å². The molecule has 0 bridgehead atoms. The molecule has 0 amide bonds. The van der Waals surface area contributed by atoms with Crippen molar-refractivity contribution in [1.82, 2.24) is 0 Å². The van der Waals surface area contributed by atoms with Gasteiger partial charge in [-0.2, -0.15) is 0 Å². The largest absolute Gasteiger partial charge is 0.496 e. The number of methoxy groups -OCH3 is 1.